The predicted octanol–water partition coefficient (Wildman–Crippen LogP) is 3.04. The lowest BCUT2D eigenvalue weighted by Gasteiger charge is -2.18. The van der Waals surface area contributed by atoms with Crippen LogP contribution in [0.15, 0.2) is 12.4 Å². The molecule has 1 heterocycles. The van der Waals surface area contributed by atoms with Crippen LogP contribution in [0, 0.1) is 0 Å². The van der Waals surface area contributed by atoms with Gasteiger partial charge in [0.2, 0.25) is 0 Å². The predicted molar refractivity (Wildman–Crippen MR) is 68.4 cm³/mol. The number of aromatic nitrogens is 2. The molecule has 1 aromatic rings. The van der Waals surface area contributed by atoms with Gasteiger partial charge in [0.1, 0.15) is 5.82 Å². The van der Waals surface area contributed by atoms with Crippen LogP contribution in [-0.2, 0) is 7.05 Å². The van der Waals surface area contributed by atoms with Crippen LogP contribution in [0.2, 0.25) is 0 Å². The Morgan fingerprint density at radius 2 is 2.12 bits per heavy atom. The van der Waals surface area contributed by atoms with Crippen molar-refractivity contribution in [3.63, 3.8) is 0 Å². The second-order valence-electron chi connectivity index (χ2n) is 4.40. The van der Waals surface area contributed by atoms with Gasteiger partial charge in [0, 0.05) is 19.4 Å². The van der Waals surface area contributed by atoms with E-state index in [0.717, 1.165) is 6.54 Å². The standard InChI is InChI=1S/C13H25N3/c1-4-6-7-8-12(14-9-5-2)13-15-10-11-16(13)3/h10-12,14H,4-9H2,1-3H3. The number of hydrogen-bond donors (Lipinski definition) is 1. The van der Waals surface area contributed by atoms with Gasteiger partial charge < -0.3 is 9.88 Å². The molecule has 0 fully saturated rings. The minimum absolute atomic E-state index is 0.423. The zero-order chi connectivity index (χ0) is 11.8. The summed E-state index contributed by atoms with van der Waals surface area (Å²) in [6.45, 7) is 5.52. The molecule has 0 aromatic carbocycles. The van der Waals surface area contributed by atoms with Crippen molar-refractivity contribution < 1.29 is 0 Å². The van der Waals surface area contributed by atoms with Crippen molar-refractivity contribution >= 4 is 0 Å². The molecule has 0 saturated heterocycles. The third-order valence-corrected chi connectivity index (χ3v) is 2.91. The quantitative estimate of drug-likeness (QED) is 0.686. The van der Waals surface area contributed by atoms with Crippen LogP contribution in [0.1, 0.15) is 57.8 Å². The number of unbranched alkanes of at least 4 members (excludes halogenated alkanes) is 2. The zero-order valence-corrected chi connectivity index (χ0v) is 10.9. The molecule has 1 atom stereocenters. The van der Waals surface area contributed by atoms with E-state index in [-0.39, 0.29) is 0 Å². The van der Waals surface area contributed by atoms with Crippen LogP contribution in [0.3, 0.4) is 0 Å². The van der Waals surface area contributed by atoms with Crippen LogP contribution >= 0.6 is 0 Å². The molecule has 0 aliphatic heterocycles. The summed E-state index contributed by atoms with van der Waals surface area (Å²) in [7, 11) is 2.07. The van der Waals surface area contributed by atoms with Crippen molar-refractivity contribution in [1.29, 1.82) is 0 Å². The molecule has 1 aromatic heterocycles. The molecule has 0 amide bonds. The van der Waals surface area contributed by atoms with E-state index in [4.69, 9.17) is 0 Å². The van der Waals surface area contributed by atoms with Gasteiger partial charge in [-0.25, -0.2) is 4.98 Å². The Kier molecular flexibility index (Phi) is 6.16. The molecule has 16 heavy (non-hydrogen) atoms. The first kappa shape index (κ1) is 13.2. The number of aryl methyl sites for hydroxylation is 1. The first-order chi connectivity index (χ1) is 7.79. The number of nitrogens with one attached hydrogen (secondary N) is 1. The molecule has 1 rings (SSSR count). The van der Waals surface area contributed by atoms with Gasteiger partial charge in [-0.1, -0.05) is 33.1 Å². The van der Waals surface area contributed by atoms with Gasteiger partial charge >= 0.3 is 0 Å². The van der Waals surface area contributed by atoms with Gasteiger partial charge in [-0.05, 0) is 19.4 Å². The third kappa shape index (κ3) is 3.97. The van der Waals surface area contributed by atoms with Gasteiger partial charge in [0.25, 0.3) is 0 Å². The van der Waals surface area contributed by atoms with Crippen LogP contribution in [0.4, 0.5) is 0 Å². The molecular formula is C13H25N3. The zero-order valence-electron chi connectivity index (χ0n) is 10.9. The largest absolute Gasteiger partial charge is 0.337 e. The van der Waals surface area contributed by atoms with E-state index >= 15 is 0 Å². The van der Waals surface area contributed by atoms with Crippen molar-refractivity contribution in [3.8, 4) is 0 Å². The molecule has 1 unspecified atom stereocenters. The Hall–Kier alpha value is -0.830. The van der Waals surface area contributed by atoms with Gasteiger partial charge in [-0.15, -0.1) is 0 Å². The van der Waals surface area contributed by atoms with E-state index in [1.54, 1.807) is 0 Å². The van der Waals surface area contributed by atoms with Gasteiger partial charge in [0.15, 0.2) is 0 Å². The lowest BCUT2D eigenvalue weighted by Crippen LogP contribution is -2.24. The summed E-state index contributed by atoms with van der Waals surface area (Å²) in [5, 5.41) is 3.59. The van der Waals surface area contributed by atoms with E-state index in [1.807, 2.05) is 12.4 Å². The van der Waals surface area contributed by atoms with Crippen LogP contribution in [-0.4, -0.2) is 16.1 Å². The Morgan fingerprint density at radius 3 is 2.69 bits per heavy atom. The Bertz CT molecular complexity index is 280. The van der Waals surface area contributed by atoms with Crippen LogP contribution in [0.5, 0.6) is 0 Å². The molecule has 0 aliphatic carbocycles. The first-order valence-electron chi connectivity index (χ1n) is 6.50. The van der Waals surface area contributed by atoms with Crippen molar-refractivity contribution in [3.05, 3.63) is 18.2 Å². The van der Waals surface area contributed by atoms with Crippen molar-refractivity contribution in [1.82, 2.24) is 14.9 Å². The topological polar surface area (TPSA) is 29.9 Å². The van der Waals surface area contributed by atoms with E-state index in [2.05, 4.69) is 35.8 Å². The second kappa shape index (κ2) is 7.44. The average Bonchev–Trinajstić information content (AvgIpc) is 2.70. The Morgan fingerprint density at radius 1 is 1.31 bits per heavy atom. The monoisotopic (exact) mass is 223 g/mol. The minimum atomic E-state index is 0.423. The van der Waals surface area contributed by atoms with E-state index in [9.17, 15) is 0 Å². The maximum absolute atomic E-state index is 4.45. The molecule has 0 saturated carbocycles. The summed E-state index contributed by atoms with van der Waals surface area (Å²) >= 11 is 0. The fourth-order valence-electron chi connectivity index (χ4n) is 1.95. The summed E-state index contributed by atoms with van der Waals surface area (Å²) in [6, 6.07) is 0.423. The van der Waals surface area contributed by atoms with Crippen molar-refractivity contribution in [2.45, 2.75) is 52.0 Å². The maximum Gasteiger partial charge on any atom is 0.125 e. The average molecular weight is 223 g/mol. The Balaban J connectivity index is 2.53. The van der Waals surface area contributed by atoms with Crippen molar-refractivity contribution in [2.24, 2.45) is 7.05 Å². The van der Waals surface area contributed by atoms with Gasteiger partial charge in [-0.2, -0.15) is 0 Å². The van der Waals surface area contributed by atoms with E-state index in [1.165, 1.54) is 37.9 Å². The van der Waals surface area contributed by atoms with Gasteiger partial charge in [-0.3, -0.25) is 0 Å². The molecule has 0 radical (unpaired) electrons. The van der Waals surface area contributed by atoms with Gasteiger partial charge in [0.05, 0.1) is 6.04 Å². The molecule has 0 bridgehead atoms. The third-order valence-electron chi connectivity index (χ3n) is 2.91. The molecule has 3 nitrogen and oxygen atoms in total. The highest BCUT2D eigenvalue weighted by Gasteiger charge is 2.13. The number of nitrogens with zero attached hydrogens (tertiary/aromatic N) is 2. The summed E-state index contributed by atoms with van der Waals surface area (Å²) in [5.74, 6) is 1.17. The molecule has 0 aliphatic rings. The summed E-state index contributed by atoms with van der Waals surface area (Å²) in [6.07, 6.45) is 10.2. The number of hydrogen-bond acceptors (Lipinski definition) is 2. The SMILES string of the molecule is CCCCCC(NCCC)c1nccn1C. The summed E-state index contributed by atoms with van der Waals surface area (Å²) < 4.78 is 2.12. The normalized spacial score (nSPS) is 12.9. The number of rotatable bonds is 8. The van der Waals surface area contributed by atoms with E-state index in [0.29, 0.717) is 6.04 Å². The lowest BCUT2D eigenvalue weighted by molar-refractivity contribution is 0.445. The van der Waals surface area contributed by atoms with Crippen LogP contribution < -0.4 is 5.32 Å². The number of imidazole rings is 1. The molecule has 1 N–H and O–H groups in total. The summed E-state index contributed by atoms with van der Waals surface area (Å²) in [4.78, 5) is 4.45. The molecule has 3 heteroatoms. The minimum Gasteiger partial charge on any atom is -0.337 e. The molecule has 0 spiro atoms. The van der Waals surface area contributed by atoms with E-state index < -0.39 is 0 Å². The summed E-state index contributed by atoms with van der Waals surface area (Å²) in [5.41, 5.74) is 0. The van der Waals surface area contributed by atoms with Crippen molar-refractivity contribution in [2.75, 3.05) is 6.54 Å². The fourth-order valence-corrected chi connectivity index (χ4v) is 1.95. The highest BCUT2D eigenvalue weighted by Crippen LogP contribution is 2.17. The van der Waals surface area contributed by atoms with Crippen LogP contribution in [0.25, 0.3) is 0 Å². The Labute approximate surface area is 99.3 Å². The fraction of sp³-hybridized carbons (Fsp3) is 0.769. The molecule has 92 valence electrons. The maximum atomic E-state index is 4.45. The highest BCUT2D eigenvalue weighted by atomic mass is 15.1. The first-order valence-corrected chi connectivity index (χ1v) is 6.50. The second-order valence-corrected chi connectivity index (χ2v) is 4.40. The highest BCUT2D eigenvalue weighted by molar-refractivity contribution is 4.98. The molecular weight excluding hydrogens is 198 g/mol. The lowest BCUT2D eigenvalue weighted by atomic mass is 10.1. The smallest absolute Gasteiger partial charge is 0.125 e.